The molecule has 0 amide bonds. The van der Waals surface area contributed by atoms with E-state index in [0.29, 0.717) is 12.2 Å². The number of methoxy groups -OCH3 is 1. The fourth-order valence-corrected chi connectivity index (χ4v) is 2.53. The highest BCUT2D eigenvalue weighted by atomic mass is 16.5. The zero-order chi connectivity index (χ0) is 11.6. The van der Waals surface area contributed by atoms with E-state index in [-0.39, 0.29) is 5.41 Å². The summed E-state index contributed by atoms with van der Waals surface area (Å²) in [6, 6.07) is 8.11. The van der Waals surface area contributed by atoms with Crippen molar-refractivity contribution < 1.29 is 9.53 Å². The monoisotopic (exact) mass is 218 g/mol. The maximum absolute atomic E-state index is 11.6. The molecule has 86 valence electrons. The second kappa shape index (κ2) is 4.28. The van der Waals surface area contributed by atoms with Crippen LogP contribution in [0.5, 0.6) is 5.75 Å². The lowest BCUT2D eigenvalue weighted by Gasteiger charge is -2.33. The van der Waals surface area contributed by atoms with Crippen molar-refractivity contribution >= 4 is 5.78 Å². The summed E-state index contributed by atoms with van der Waals surface area (Å²) in [5.74, 6) is 1.26. The molecule has 2 heteroatoms. The Hall–Kier alpha value is -1.31. The van der Waals surface area contributed by atoms with Gasteiger partial charge in [0.1, 0.15) is 11.5 Å². The highest BCUT2D eigenvalue weighted by molar-refractivity contribution is 5.80. The van der Waals surface area contributed by atoms with Crippen LogP contribution in [0.25, 0.3) is 0 Å². The smallest absolute Gasteiger partial charge is 0.133 e. The minimum absolute atomic E-state index is 0.0294. The normalized spacial score (nSPS) is 25.5. The molecule has 0 saturated heterocycles. The Kier molecular flexibility index (Phi) is 2.99. The maximum Gasteiger partial charge on any atom is 0.133 e. The Morgan fingerprint density at radius 1 is 1.25 bits per heavy atom. The molecule has 0 heterocycles. The molecule has 2 rings (SSSR count). The topological polar surface area (TPSA) is 26.3 Å². The number of benzene rings is 1. The van der Waals surface area contributed by atoms with Crippen LogP contribution in [-0.2, 0) is 10.2 Å². The number of ether oxygens (including phenoxy) is 1. The summed E-state index contributed by atoms with van der Waals surface area (Å²) in [6.07, 6.45) is 3.55. The molecule has 0 bridgehead atoms. The standard InChI is InChI=1S/C14H18O2/c1-14(9-3-4-12(15)10-14)11-5-7-13(16-2)8-6-11/h5-8H,3-4,9-10H2,1-2H3/t14-/m1/s1. The predicted molar refractivity (Wildman–Crippen MR) is 63.8 cm³/mol. The molecule has 2 nitrogen and oxygen atoms in total. The van der Waals surface area contributed by atoms with Crippen LogP contribution >= 0.6 is 0 Å². The summed E-state index contributed by atoms with van der Waals surface area (Å²) >= 11 is 0. The minimum Gasteiger partial charge on any atom is -0.497 e. The van der Waals surface area contributed by atoms with E-state index in [4.69, 9.17) is 4.74 Å². The van der Waals surface area contributed by atoms with E-state index in [1.807, 2.05) is 12.1 Å². The lowest BCUT2D eigenvalue weighted by molar-refractivity contribution is -0.121. The van der Waals surface area contributed by atoms with Crippen LogP contribution in [0, 0.1) is 0 Å². The molecule has 1 atom stereocenters. The zero-order valence-electron chi connectivity index (χ0n) is 9.95. The molecule has 1 aromatic carbocycles. The summed E-state index contributed by atoms with van der Waals surface area (Å²) in [5.41, 5.74) is 1.28. The Bertz CT molecular complexity index is 380. The zero-order valence-corrected chi connectivity index (χ0v) is 9.95. The van der Waals surface area contributed by atoms with E-state index >= 15 is 0 Å². The Labute approximate surface area is 96.6 Å². The number of carbonyl (C=O) groups is 1. The van der Waals surface area contributed by atoms with Gasteiger partial charge in [-0.05, 0) is 36.0 Å². The average Bonchev–Trinajstić information content (AvgIpc) is 2.29. The van der Waals surface area contributed by atoms with Crippen molar-refractivity contribution in [3.05, 3.63) is 29.8 Å². The molecule has 1 aliphatic carbocycles. The first-order chi connectivity index (χ1) is 7.64. The van der Waals surface area contributed by atoms with Gasteiger partial charge < -0.3 is 4.74 Å². The van der Waals surface area contributed by atoms with Gasteiger partial charge in [-0.3, -0.25) is 4.79 Å². The van der Waals surface area contributed by atoms with Crippen LogP contribution in [0.4, 0.5) is 0 Å². The van der Waals surface area contributed by atoms with Crippen LogP contribution in [0.1, 0.15) is 38.2 Å². The van der Waals surface area contributed by atoms with E-state index in [1.165, 1.54) is 5.56 Å². The van der Waals surface area contributed by atoms with Crippen LogP contribution in [0.2, 0.25) is 0 Å². The lowest BCUT2D eigenvalue weighted by atomic mass is 9.70. The van der Waals surface area contributed by atoms with Crippen LogP contribution in [-0.4, -0.2) is 12.9 Å². The molecule has 1 aromatic rings. The number of hydrogen-bond acceptors (Lipinski definition) is 2. The predicted octanol–water partition coefficient (Wildman–Crippen LogP) is 3.10. The second-order valence-corrected chi connectivity index (χ2v) is 4.86. The van der Waals surface area contributed by atoms with Crippen LogP contribution < -0.4 is 4.74 Å². The van der Waals surface area contributed by atoms with Crippen molar-refractivity contribution in [3.8, 4) is 5.75 Å². The van der Waals surface area contributed by atoms with Gasteiger partial charge in [0.05, 0.1) is 7.11 Å². The van der Waals surface area contributed by atoms with E-state index in [2.05, 4.69) is 19.1 Å². The lowest BCUT2D eigenvalue weighted by Crippen LogP contribution is -2.29. The minimum atomic E-state index is 0.0294. The molecule has 0 N–H and O–H groups in total. The van der Waals surface area contributed by atoms with Gasteiger partial charge in [0.15, 0.2) is 0 Å². The average molecular weight is 218 g/mol. The Morgan fingerprint density at radius 2 is 1.94 bits per heavy atom. The van der Waals surface area contributed by atoms with Crippen molar-refractivity contribution in [2.45, 2.75) is 38.0 Å². The van der Waals surface area contributed by atoms with Gasteiger partial charge in [-0.2, -0.15) is 0 Å². The highest BCUT2D eigenvalue weighted by Crippen LogP contribution is 2.37. The van der Waals surface area contributed by atoms with E-state index in [1.54, 1.807) is 7.11 Å². The third-order valence-electron chi connectivity index (χ3n) is 3.56. The fraction of sp³-hybridized carbons (Fsp3) is 0.500. The van der Waals surface area contributed by atoms with Gasteiger partial charge in [0.2, 0.25) is 0 Å². The molecule has 1 saturated carbocycles. The molecule has 1 fully saturated rings. The number of rotatable bonds is 2. The molecular weight excluding hydrogens is 200 g/mol. The summed E-state index contributed by atoms with van der Waals surface area (Å²) in [4.78, 5) is 11.6. The molecule has 0 radical (unpaired) electrons. The van der Waals surface area contributed by atoms with Gasteiger partial charge >= 0.3 is 0 Å². The largest absolute Gasteiger partial charge is 0.497 e. The maximum atomic E-state index is 11.6. The molecule has 16 heavy (non-hydrogen) atoms. The van der Waals surface area contributed by atoms with Crippen molar-refractivity contribution in [2.24, 2.45) is 0 Å². The number of carbonyl (C=O) groups excluding carboxylic acids is 1. The molecular formula is C14H18O2. The second-order valence-electron chi connectivity index (χ2n) is 4.86. The van der Waals surface area contributed by atoms with Crippen LogP contribution in [0.15, 0.2) is 24.3 Å². The van der Waals surface area contributed by atoms with Gasteiger partial charge in [-0.25, -0.2) is 0 Å². The molecule has 0 aromatic heterocycles. The van der Waals surface area contributed by atoms with Gasteiger partial charge in [0.25, 0.3) is 0 Å². The van der Waals surface area contributed by atoms with Crippen LogP contribution in [0.3, 0.4) is 0 Å². The summed E-state index contributed by atoms with van der Waals surface area (Å²) in [5, 5.41) is 0. The summed E-state index contributed by atoms with van der Waals surface area (Å²) in [7, 11) is 1.67. The Balaban J connectivity index is 2.24. The number of ketones is 1. The molecule has 0 spiro atoms. The summed E-state index contributed by atoms with van der Waals surface area (Å²) < 4.78 is 5.14. The first-order valence-electron chi connectivity index (χ1n) is 5.80. The SMILES string of the molecule is COc1ccc([C@]2(C)CCCC(=O)C2)cc1. The third kappa shape index (κ3) is 2.11. The van der Waals surface area contributed by atoms with Gasteiger partial charge in [0, 0.05) is 12.8 Å². The quantitative estimate of drug-likeness (QED) is 0.762. The Morgan fingerprint density at radius 3 is 2.50 bits per heavy atom. The first kappa shape index (κ1) is 11.2. The third-order valence-corrected chi connectivity index (χ3v) is 3.56. The first-order valence-corrected chi connectivity index (χ1v) is 5.80. The molecule has 0 aliphatic heterocycles. The van der Waals surface area contributed by atoms with Crippen molar-refractivity contribution in [2.75, 3.05) is 7.11 Å². The highest BCUT2D eigenvalue weighted by Gasteiger charge is 2.32. The van der Waals surface area contributed by atoms with E-state index < -0.39 is 0 Å². The van der Waals surface area contributed by atoms with Crippen molar-refractivity contribution in [1.82, 2.24) is 0 Å². The number of Topliss-reactive ketones (excluding diaryl/α,β-unsaturated/α-hetero) is 1. The fourth-order valence-electron chi connectivity index (χ4n) is 2.53. The summed E-state index contributed by atoms with van der Waals surface area (Å²) in [6.45, 7) is 2.19. The molecule has 1 aliphatic rings. The van der Waals surface area contributed by atoms with Gasteiger partial charge in [-0.15, -0.1) is 0 Å². The van der Waals surface area contributed by atoms with Crippen molar-refractivity contribution in [1.29, 1.82) is 0 Å². The molecule has 0 unspecified atom stereocenters. The van der Waals surface area contributed by atoms with Gasteiger partial charge in [-0.1, -0.05) is 19.1 Å². The number of hydrogen-bond donors (Lipinski definition) is 0. The van der Waals surface area contributed by atoms with E-state index in [0.717, 1.165) is 25.0 Å². The van der Waals surface area contributed by atoms with Crippen molar-refractivity contribution in [3.63, 3.8) is 0 Å². The van der Waals surface area contributed by atoms with E-state index in [9.17, 15) is 4.79 Å².